The summed E-state index contributed by atoms with van der Waals surface area (Å²) in [5, 5.41) is 9.77. The first-order chi connectivity index (χ1) is 14.9. The Bertz CT molecular complexity index is 1180. The van der Waals surface area contributed by atoms with E-state index in [1.807, 2.05) is 6.07 Å². The number of halogens is 1. The fraction of sp³-hybridized carbons (Fsp3) is 0.286. The zero-order valence-corrected chi connectivity index (χ0v) is 18.1. The first kappa shape index (κ1) is 21.0. The highest BCUT2D eigenvalue weighted by molar-refractivity contribution is 9.10. The largest absolute Gasteiger partial charge is 0.440 e. The van der Waals surface area contributed by atoms with Crippen LogP contribution in [0.4, 0.5) is 4.79 Å². The van der Waals surface area contributed by atoms with E-state index in [4.69, 9.17) is 24.4 Å². The zero-order chi connectivity index (χ0) is 22.1. The molecule has 4 rings (SSSR count). The van der Waals surface area contributed by atoms with E-state index in [0.29, 0.717) is 42.1 Å². The molecule has 3 heterocycles. The summed E-state index contributed by atoms with van der Waals surface area (Å²) in [6.07, 6.45) is -0.550. The molecule has 9 nitrogen and oxygen atoms in total. The topological polar surface area (TPSA) is 128 Å². The number of morpholine rings is 1. The summed E-state index contributed by atoms with van der Waals surface area (Å²) < 4.78 is 22.4. The highest BCUT2D eigenvalue weighted by Gasteiger charge is 2.36. The molecule has 1 aromatic heterocycles. The van der Waals surface area contributed by atoms with Crippen LogP contribution in [-0.2, 0) is 4.74 Å². The molecule has 2 aromatic rings. The van der Waals surface area contributed by atoms with Crippen molar-refractivity contribution in [3.63, 3.8) is 0 Å². The van der Waals surface area contributed by atoms with Crippen molar-refractivity contribution in [3.8, 4) is 17.6 Å². The van der Waals surface area contributed by atoms with Gasteiger partial charge in [-0.1, -0.05) is 15.9 Å². The molecule has 2 N–H and O–H groups in total. The number of nitriles is 1. The van der Waals surface area contributed by atoms with Crippen LogP contribution in [0.5, 0.6) is 11.5 Å². The van der Waals surface area contributed by atoms with E-state index in [1.165, 1.54) is 11.0 Å². The van der Waals surface area contributed by atoms with Crippen LogP contribution in [0.3, 0.4) is 0 Å². The van der Waals surface area contributed by atoms with Gasteiger partial charge in [0.05, 0.1) is 24.7 Å². The average molecular weight is 488 g/mol. The number of allylic oxidation sites excluding steroid dienone is 1. The zero-order valence-electron chi connectivity index (χ0n) is 16.5. The molecular weight excluding hydrogens is 470 g/mol. The lowest BCUT2D eigenvalue weighted by molar-refractivity contribution is 0.0415. The standard InChI is InChI=1S/C21H18BrN3O6/c1-11-8-16-18(20(26)29-11)17(14(10-23)19(24)30-16)13-9-12(22)2-3-15(13)31-21(27)25-4-6-28-7-5-25/h2-3,8-9,17H,4-7,24H2,1H3. The Morgan fingerprint density at radius 3 is 2.77 bits per heavy atom. The molecule has 0 spiro atoms. The van der Waals surface area contributed by atoms with E-state index >= 15 is 0 Å². The first-order valence-corrected chi connectivity index (χ1v) is 10.2. The summed E-state index contributed by atoms with van der Waals surface area (Å²) >= 11 is 3.40. The third-order valence-electron chi connectivity index (χ3n) is 5.01. The molecule has 160 valence electrons. The predicted octanol–water partition coefficient (Wildman–Crippen LogP) is 2.76. The van der Waals surface area contributed by atoms with Crippen LogP contribution < -0.4 is 20.8 Å². The Morgan fingerprint density at radius 2 is 2.06 bits per heavy atom. The van der Waals surface area contributed by atoms with Crippen LogP contribution in [0.15, 0.2) is 49.4 Å². The van der Waals surface area contributed by atoms with Crippen LogP contribution in [0.25, 0.3) is 0 Å². The van der Waals surface area contributed by atoms with Gasteiger partial charge in [0, 0.05) is 29.2 Å². The molecule has 1 atom stereocenters. The number of hydrogen-bond acceptors (Lipinski definition) is 8. The maximum absolute atomic E-state index is 12.7. The summed E-state index contributed by atoms with van der Waals surface area (Å²) in [5.74, 6) is -0.339. The van der Waals surface area contributed by atoms with Crippen LogP contribution in [0.1, 0.15) is 22.8 Å². The lowest BCUT2D eigenvalue weighted by Gasteiger charge is -2.28. The van der Waals surface area contributed by atoms with Crippen LogP contribution in [-0.4, -0.2) is 37.3 Å². The minimum Gasteiger partial charge on any atom is -0.440 e. The summed E-state index contributed by atoms with van der Waals surface area (Å²) in [4.78, 5) is 27.0. The van der Waals surface area contributed by atoms with Gasteiger partial charge in [-0.05, 0) is 25.1 Å². The van der Waals surface area contributed by atoms with Crippen molar-refractivity contribution in [1.29, 1.82) is 5.26 Å². The number of nitrogens with zero attached hydrogens (tertiary/aromatic N) is 2. The van der Waals surface area contributed by atoms with Crippen LogP contribution in [0, 0.1) is 18.3 Å². The second kappa shape index (κ2) is 8.45. The normalized spacial score (nSPS) is 18.1. The number of carbonyl (C=O) groups excluding carboxylic acids is 1. The second-order valence-electron chi connectivity index (χ2n) is 7.00. The highest BCUT2D eigenvalue weighted by Crippen LogP contribution is 2.44. The maximum Gasteiger partial charge on any atom is 0.415 e. The van der Waals surface area contributed by atoms with Gasteiger partial charge in [0.15, 0.2) is 0 Å². The molecule has 31 heavy (non-hydrogen) atoms. The molecule has 0 bridgehead atoms. The summed E-state index contributed by atoms with van der Waals surface area (Å²) in [5.41, 5.74) is 5.87. The van der Waals surface area contributed by atoms with Gasteiger partial charge in [-0.2, -0.15) is 5.26 Å². The molecule has 1 saturated heterocycles. The van der Waals surface area contributed by atoms with Crippen molar-refractivity contribution in [2.24, 2.45) is 5.73 Å². The first-order valence-electron chi connectivity index (χ1n) is 9.45. The number of amides is 1. The number of ether oxygens (including phenoxy) is 3. The molecule has 0 saturated carbocycles. The molecule has 1 amide bonds. The number of carbonyl (C=O) groups is 1. The summed E-state index contributed by atoms with van der Waals surface area (Å²) in [6.45, 7) is 3.27. The number of nitrogens with two attached hydrogens (primary N) is 1. The van der Waals surface area contributed by atoms with Crippen molar-refractivity contribution in [2.75, 3.05) is 26.3 Å². The van der Waals surface area contributed by atoms with Gasteiger partial charge in [0.25, 0.3) is 0 Å². The van der Waals surface area contributed by atoms with Gasteiger partial charge in [-0.15, -0.1) is 0 Å². The third-order valence-corrected chi connectivity index (χ3v) is 5.50. The smallest absolute Gasteiger partial charge is 0.415 e. The predicted molar refractivity (Wildman–Crippen MR) is 112 cm³/mol. The van der Waals surface area contributed by atoms with Gasteiger partial charge < -0.3 is 29.3 Å². The molecule has 1 aromatic carbocycles. The lowest BCUT2D eigenvalue weighted by Crippen LogP contribution is -2.42. The van der Waals surface area contributed by atoms with Gasteiger partial charge >= 0.3 is 11.7 Å². The summed E-state index contributed by atoms with van der Waals surface area (Å²) in [7, 11) is 0. The van der Waals surface area contributed by atoms with Crippen molar-refractivity contribution in [1.82, 2.24) is 4.90 Å². The Hall–Kier alpha value is -3.29. The minimum absolute atomic E-state index is 0.0189. The Labute approximate surface area is 185 Å². The van der Waals surface area contributed by atoms with E-state index < -0.39 is 17.6 Å². The third kappa shape index (κ3) is 4.02. The van der Waals surface area contributed by atoms with Crippen LogP contribution >= 0.6 is 15.9 Å². The van der Waals surface area contributed by atoms with Gasteiger partial charge in [0.1, 0.15) is 28.9 Å². The maximum atomic E-state index is 12.7. The number of hydrogen-bond donors (Lipinski definition) is 1. The van der Waals surface area contributed by atoms with Crippen LogP contribution in [0.2, 0.25) is 0 Å². The number of fused-ring (bicyclic) bond motifs is 1. The van der Waals surface area contributed by atoms with E-state index in [2.05, 4.69) is 15.9 Å². The number of benzene rings is 1. The van der Waals surface area contributed by atoms with Crippen molar-refractivity contribution >= 4 is 22.0 Å². The monoisotopic (exact) mass is 487 g/mol. The molecule has 0 radical (unpaired) electrons. The fourth-order valence-electron chi connectivity index (χ4n) is 3.57. The molecule has 2 aliphatic heterocycles. The molecule has 1 fully saturated rings. The van der Waals surface area contributed by atoms with E-state index in [9.17, 15) is 14.9 Å². The molecule has 2 aliphatic rings. The SMILES string of the molecule is Cc1cc2c(c(=O)o1)C(c1cc(Br)ccc1OC(=O)N1CCOCC1)C(C#N)=C(N)O2. The number of aryl methyl sites for hydroxylation is 1. The van der Waals surface area contributed by atoms with E-state index in [1.54, 1.807) is 25.1 Å². The Morgan fingerprint density at radius 1 is 1.32 bits per heavy atom. The molecule has 1 unspecified atom stereocenters. The second-order valence-corrected chi connectivity index (χ2v) is 7.91. The molecule has 10 heteroatoms. The number of rotatable bonds is 2. The average Bonchev–Trinajstić information content (AvgIpc) is 2.74. The van der Waals surface area contributed by atoms with Crippen molar-refractivity contribution in [2.45, 2.75) is 12.8 Å². The Kier molecular flexibility index (Phi) is 5.71. The highest BCUT2D eigenvalue weighted by atomic mass is 79.9. The van der Waals surface area contributed by atoms with E-state index in [-0.39, 0.29) is 28.5 Å². The summed E-state index contributed by atoms with van der Waals surface area (Å²) in [6, 6.07) is 8.50. The quantitative estimate of drug-likeness (QED) is 0.684. The Balaban J connectivity index is 1.83. The van der Waals surface area contributed by atoms with E-state index in [0.717, 1.165) is 0 Å². The van der Waals surface area contributed by atoms with Gasteiger partial charge in [-0.3, -0.25) is 0 Å². The van der Waals surface area contributed by atoms with Gasteiger partial charge in [-0.25, -0.2) is 9.59 Å². The van der Waals surface area contributed by atoms with Gasteiger partial charge in [0.2, 0.25) is 5.88 Å². The molecular formula is C21H18BrN3O6. The fourth-order valence-corrected chi connectivity index (χ4v) is 3.95. The lowest BCUT2D eigenvalue weighted by atomic mass is 9.84. The van der Waals surface area contributed by atoms with Crippen molar-refractivity contribution in [3.05, 3.63) is 67.5 Å². The minimum atomic E-state index is -0.935. The van der Waals surface area contributed by atoms with Crippen molar-refractivity contribution < 1.29 is 23.4 Å². The molecule has 0 aliphatic carbocycles.